The number of carboxylic acids is 1. The van der Waals surface area contributed by atoms with Crippen molar-refractivity contribution in [2.24, 2.45) is 5.41 Å². The second-order valence-corrected chi connectivity index (χ2v) is 7.93. The number of hydrogen-bond donors (Lipinski definition) is 2. The Morgan fingerprint density at radius 1 is 1.23 bits per heavy atom. The number of carbonyl (C=O) groups is 2. The smallest absolute Gasteiger partial charge is 0.319 e. The molecule has 0 aliphatic heterocycles. The van der Waals surface area contributed by atoms with Crippen LogP contribution >= 0.6 is 0 Å². The zero-order valence-corrected chi connectivity index (χ0v) is 15.9. The Kier molecular flexibility index (Phi) is 5.92. The summed E-state index contributed by atoms with van der Waals surface area (Å²) in [6.45, 7) is 6.08. The minimum absolute atomic E-state index is 0.0546. The van der Waals surface area contributed by atoms with Gasteiger partial charge in [-0.25, -0.2) is 8.42 Å². The Balaban J connectivity index is 2.40. The van der Waals surface area contributed by atoms with Gasteiger partial charge >= 0.3 is 5.97 Å². The van der Waals surface area contributed by atoms with E-state index < -0.39 is 27.3 Å². The molecule has 0 atom stereocenters. The van der Waals surface area contributed by atoms with E-state index >= 15 is 0 Å². The number of nitrogens with one attached hydrogen (secondary N) is 1. The van der Waals surface area contributed by atoms with Gasteiger partial charge in [-0.2, -0.15) is 4.31 Å². The lowest BCUT2D eigenvalue weighted by Crippen LogP contribution is -2.32. The fourth-order valence-electron chi connectivity index (χ4n) is 2.68. The highest BCUT2D eigenvalue weighted by Gasteiger charge is 2.57. The Hall–Kier alpha value is -2.13. The predicted molar refractivity (Wildman–Crippen MR) is 95.7 cm³/mol. The van der Waals surface area contributed by atoms with Crippen LogP contribution in [0.1, 0.15) is 33.6 Å². The van der Waals surface area contributed by atoms with Crippen LogP contribution in [0.25, 0.3) is 0 Å². The van der Waals surface area contributed by atoms with E-state index in [1.807, 2.05) is 0 Å². The number of aliphatic carboxylic acids is 1. The van der Waals surface area contributed by atoms with E-state index in [0.29, 0.717) is 13.1 Å². The molecule has 0 aromatic heterocycles. The summed E-state index contributed by atoms with van der Waals surface area (Å²) < 4.78 is 32.5. The van der Waals surface area contributed by atoms with Gasteiger partial charge in [0.05, 0.1) is 6.61 Å². The fourth-order valence-corrected chi connectivity index (χ4v) is 4.29. The lowest BCUT2D eigenvalue weighted by atomic mass is 10.1. The number of carboxylic acid groups (broad SMARTS) is 1. The van der Waals surface area contributed by atoms with Crippen molar-refractivity contribution >= 4 is 27.6 Å². The maximum Gasteiger partial charge on any atom is 0.319 e. The molecule has 144 valence electrons. The zero-order chi connectivity index (χ0) is 19.5. The molecule has 1 saturated carbocycles. The van der Waals surface area contributed by atoms with Crippen molar-refractivity contribution in [3.63, 3.8) is 0 Å². The monoisotopic (exact) mass is 384 g/mol. The molecule has 1 aromatic rings. The molecule has 0 bridgehead atoms. The molecule has 2 rings (SSSR count). The van der Waals surface area contributed by atoms with Crippen LogP contribution in [0.4, 0.5) is 5.69 Å². The van der Waals surface area contributed by atoms with Crippen molar-refractivity contribution in [3.8, 4) is 5.75 Å². The van der Waals surface area contributed by atoms with Gasteiger partial charge in [0.25, 0.3) is 0 Å². The molecule has 0 unspecified atom stereocenters. The fraction of sp³-hybridized carbons (Fsp3) is 0.529. The number of ether oxygens (including phenoxy) is 1. The van der Waals surface area contributed by atoms with Crippen molar-refractivity contribution in [1.29, 1.82) is 0 Å². The third-order valence-electron chi connectivity index (χ3n) is 4.42. The normalized spacial score (nSPS) is 15.5. The van der Waals surface area contributed by atoms with E-state index in [9.17, 15) is 23.1 Å². The zero-order valence-electron chi connectivity index (χ0n) is 15.1. The van der Waals surface area contributed by atoms with E-state index in [1.165, 1.54) is 22.5 Å². The van der Waals surface area contributed by atoms with Crippen LogP contribution in [-0.4, -0.2) is 49.4 Å². The molecular formula is C17H24N2O6S. The molecular weight excluding hydrogens is 360 g/mol. The molecule has 0 radical (unpaired) electrons. The molecule has 1 fully saturated rings. The first-order valence-electron chi connectivity index (χ1n) is 8.54. The first-order chi connectivity index (χ1) is 12.2. The van der Waals surface area contributed by atoms with Crippen LogP contribution in [0.15, 0.2) is 23.1 Å². The molecule has 8 nitrogen and oxygen atoms in total. The van der Waals surface area contributed by atoms with Crippen LogP contribution in [0, 0.1) is 5.41 Å². The number of rotatable bonds is 9. The number of hydrogen-bond acceptors (Lipinski definition) is 5. The second kappa shape index (κ2) is 7.63. The summed E-state index contributed by atoms with van der Waals surface area (Å²) in [6, 6.07) is 4.28. The first-order valence-corrected chi connectivity index (χ1v) is 9.98. The van der Waals surface area contributed by atoms with E-state index in [-0.39, 0.29) is 35.8 Å². The molecule has 9 heteroatoms. The highest BCUT2D eigenvalue weighted by Crippen LogP contribution is 2.47. The Labute approximate surface area is 153 Å². The van der Waals surface area contributed by atoms with Gasteiger partial charge in [0.15, 0.2) is 0 Å². The van der Waals surface area contributed by atoms with Gasteiger partial charge in [-0.15, -0.1) is 0 Å². The molecule has 2 N–H and O–H groups in total. The number of amides is 1. The number of nitrogens with zero attached hydrogens (tertiary/aromatic N) is 1. The molecule has 1 amide bonds. The summed E-state index contributed by atoms with van der Waals surface area (Å²) in [7, 11) is -3.81. The molecule has 0 heterocycles. The Morgan fingerprint density at radius 3 is 2.31 bits per heavy atom. The van der Waals surface area contributed by atoms with E-state index in [0.717, 1.165) is 0 Å². The molecule has 1 aliphatic rings. The number of sulfonamides is 1. The SMILES string of the molecule is CCOc1ccc(NC(=O)C2(C(=O)O)CC2)cc1S(=O)(=O)N(CC)CC. The van der Waals surface area contributed by atoms with Gasteiger partial charge in [0.2, 0.25) is 15.9 Å². The maximum atomic E-state index is 12.9. The minimum Gasteiger partial charge on any atom is -0.492 e. The van der Waals surface area contributed by atoms with Gasteiger partial charge in [-0.1, -0.05) is 13.8 Å². The summed E-state index contributed by atoms with van der Waals surface area (Å²) in [5.41, 5.74) is -1.19. The quantitative estimate of drug-likeness (QED) is 0.629. The lowest BCUT2D eigenvalue weighted by molar-refractivity contribution is -0.147. The summed E-state index contributed by atoms with van der Waals surface area (Å²) in [6.07, 6.45) is 0.547. The van der Waals surface area contributed by atoms with E-state index in [2.05, 4.69) is 5.32 Å². The van der Waals surface area contributed by atoms with Crippen molar-refractivity contribution in [3.05, 3.63) is 18.2 Å². The van der Waals surface area contributed by atoms with Gasteiger partial charge in [0.1, 0.15) is 16.1 Å². The molecule has 1 aromatic carbocycles. The highest BCUT2D eigenvalue weighted by molar-refractivity contribution is 7.89. The summed E-state index contributed by atoms with van der Waals surface area (Å²) in [4.78, 5) is 23.5. The predicted octanol–water partition coefficient (Wildman–Crippen LogP) is 1.92. The van der Waals surface area contributed by atoms with Crippen LogP contribution in [-0.2, 0) is 19.6 Å². The van der Waals surface area contributed by atoms with E-state index in [4.69, 9.17) is 4.74 Å². The van der Waals surface area contributed by atoms with Crippen LogP contribution in [0.3, 0.4) is 0 Å². The van der Waals surface area contributed by atoms with Gasteiger partial charge in [-0.3, -0.25) is 9.59 Å². The number of benzene rings is 1. The average molecular weight is 384 g/mol. The topological polar surface area (TPSA) is 113 Å². The standard InChI is InChI=1S/C17H24N2O6S/c1-4-19(5-2)26(23,24)14-11-12(7-8-13(14)25-6-3)18-15(20)17(9-10-17)16(21)22/h7-8,11H,4-6,9-10H2,1-3H3,(H,18,20)(H,21,22). The maximum absolute atomic E-state index is 12.9. The summed E-state index contributed by atoms with van der Waals surface area (Å²) in [5, 5.41) is 11.7. The molecule has 1 aliphatic carbocycles. The largest absolute Gasteiger partial charge is 0.492 e. The Bertz CT molecular complexity index is 797. The van der Waals surface area contributed by atoms with Crippen molar-refractivity contribution < 1.29 is 27.9 Å². The van der Waals surface area contributed by atoms with Gasteiger partial charge in [0, 0.05) is 18.8 Å². The Morgan fingerprint density at radius 2 is 1.85 bits per heavy atom. The highest BCUT2D eigenvalue weighted by atomic mass is 32.2. The summed E-state index contributed by atoms with van der Waals surface area (Å²) in [5.74, 6) is -1.62. The number of anilines is 1. The van der Waals surface area contributed by atoms with E-state index in [1.54, 1.807) is 20.8 Å². The third-order valence-corrected chi connectivity index (χ3v) is 6.49. The average Bonchev–Trinajstić information content (AvgIpc) is 3.39. The van der Waals surface area contributed by atoms with Crippen LogP contribution in [0.5, 0.6) is 5.75 Å². The van der Waals surface area contributed by atoms with Gasteiger partial charge in [-0.05, 0) is 38.0 Å². The molecule has 26 heavy (non-hydrogen) atoms. The van der Waals surface area contributed by atoms with Gasteiger partial charge < -0.3 is 15.2 Å². The minimum atomic E-state index is -3.81. The first kappa shape index (κ1) is 20.2. The van der Waals surface area contributed by atoms with Crippen LogP contribution in [0.2, 0.25) is 0 Å². The van der Waals surface area contributed by atoms with Crippen molar-refractivity contribution in [2.75, 3.05) is 25.0 Å². The molecule has 0 saturated heterocycles. The second-order valence-electron chi connectivity index (χ2n) is 6.03. The van der Waals surface area contributed by atoms with Crippen LogP contribution < -0.4 is 10.1 Å². The lowest BCUT2D eigenvalue weighted by Gasteiger charge is -2.21. The summed E-state index contributed by atoms with van der Waals surface area (Å²) >= 11 is 0. The number of carbonyl (C=O) groups excluding carboxylic acids is 1. The third kappa shape index (κ3) is 3.68. The van der Waals surface area contributed by atoms with Crippen molar-refractivity contribution in [1.82, 2.24) is 4.31 Å². The van der Waals surface area contributed by atoms with Crippen molar-refractivity contribution in [2.45, 2.75) is 38.5 Å². The molecule has 0 spiro atoms.